The molecule has 1 aromatic heterocycles. The van der Waals surface area contributed by atoms with E-state index in [1.807, 2.05) is 0 Å². The first-order chi connectivity index (χ1) is 6.13. The van der Waals surface area contributed by atoms with Crippen molar-refractivity contribution in [1.29, 1.82) is 0 Å². The number of ether oxygens (including phenoxy) is 1. The molecule has 0 saturated carbocycles. The zero-order valence-electron chi connectivity index (χ0n) is 7.30. The number of methoxy groups -OCH3 is 1. The second-order valence-corrected chi connectivity index (χ2v) is 2.45. The lowest BCUT2D eigenvalue weighted by Gasteiger charge is -2.03. The SMILES string of the molecule is COC(=O)Nc1cnc(F)c(C)c1. The molecule has 1 aromatic rings. The standard InChI is InChI=1S/C8H9FN2O2/c1-5-3-6(4-10-7(5)9)11-8(12)13-2/h3-4H,1-2H3,(H,11,12). The second-order valence-electron chi connectivity index (χ2n) is 2.45. The molecule has 0 atom stereocenters. The van der Waals surface area contributed by atoms with Gasteiger partial charge in [-0.05, 0) is 13.0 Å². The number of carbonyl (C=O) groups excluding carboxylic acids is 1. The number of rotatable bonds is 1. The van der Waals surface area contributed by atoms with Crippen LogP contribution in [-0.2, 0) is 4.74 Å². The van der Waals surface area contributed by atoms with Crippen LogP contribution in [0.25, 0.3) is 0 Å². The second kappa shape index (κ2) is 3.84. The van der Waals surface area contributed by atoms with E-state index in [1.165, 1.54) is 19.4 Å². The summed E-state index contributed by atoms with van der Waals surface area (Å²) in [5.41, 5.74) is 0.777. The predicted molar refractivity (Wildman–Crippen MR) is 45.0 cm³/mol. The highest BCUT2D eigenvalue weighted by atomic mass is 19.1. The zero-order valence-corrected chi connectivity index (χ0v) is 7.30. The van der Waals surface area contributed by atoms with Gasteiger partial charge in [0.25, 0.3) is 0 Å². The van der Waals surface area contributed by atoms with Crippen molar-refractivity contribution in [2.75, 3.05) is 12.4 Å². The van der Waals surface area contributed by atoms with E-state index in [1.54, 1.807) is 6.92 Å². The highest BCUT2D eigenvalue weighted by Crippen LogP contribution is 2.10. The molecule has 0 aromatic carbocycles. The molecule has 0 fully saturated rings. The number of anilines is 1. The van der Waals surface area contributed by atoms with Gasteiger partial charge in [-0.15, -0.1) is 0 Å². The molecule has 4 nitrogen and oxygen atoms in total. The van der Waals surface area contributed by atoms with E-state index in [4.69, 9.17) is 0 Å². The fourth-order valence-electron chi connectivity index (χ4n) is 0.795. The minimum absolute atomic E-state index is 0.369. The van der Waals surface area contributed by atoms with E-state index in [0.29, 0.717) is 11.3 Å². The smallest absolute Gasteiger partial charge is 0.411 e. The van der Waals surface area contributed by atoms with E-state index in [0.717, 1.165) is 0 Å². The predicted octanol–water partition coefficient (Wildman–Crippen LogP) is 1.71. The largest absolute Gasteiger partial charge is 0.453 e. The molecular weight excluding hydrogens is 175 g/mol. The molecule has 0 radical (unpaired) electrons. The number of aryl methyl sites for hydroxylation is 1. The molecule has 1 rings (SSSR count). The quantitative estimate of drug-likeness (QED) is 0.676. The average Bonchev–Trinajstić information content (AvgIpc) is 2.11. The third-order valence-electron chi connectivity index (χ3n) is 1.45. The summed E-state index contributed by atoms with van der Waals surface area (Å²) in [5, 5.41) is 2.37. The van der Waals surface area contributed by atoms with Crippen LogP contribution in [0.3, 0.4) is 0 Å². The number of hydrogen-bond acceptors (Lipinski definition) is 3. The van der Waals surface area contributed by atoms with Gasteiger partial charge in [0.1, 0.15) is 0 Å². The molecule has 0 aliphatic carbocycles. The lowest BCUT2D eigenvalue weighted by atomic mass is 10.3. The first kappa shape index (κ1) is 9.44. The number of pyridine rings is 1. The maximum Gasteiger partial charge on any atom is 0.411 e. The van der Waals surface area contributed by atoms with Crippen LogP contribution in [0.15, 0.2) is 12.3 Å². The maximum atomic E-state index is 12.7. The molecule has 0 spiro atoms. The lowest BCUT2D eigenvalue weighted by molar-refractivity contribution is 0.187. The fourth-order valence-corrected chi connectivity index (χ4v) is 0.795. The van der Waals surface area contributed by atoms with Crippen molar-refractivity contribution in [2.45, 2.75) is 6.92 Å². The summed E-state index contributed by atoms with van der Waals surface area (Å²) in [6.45, 7) is 1.56. The fraction of sp³-hybridized carbons (Fsp3) is 0.250. The van der Waals surface area contributed by atoms with E-state index in [-0.39, 0.29) is 0 Å². The van der Waals surface area contributed by atoms with Crippen molar-refractivity contribution >= 4 is 11.8 Å². The zero-order chi connectivity index (χ0) is 9.84. The molecule has 0 saturated heterocycles. The minimum Gasteiger partial charge on any atom is -0.453 e. The maximum absolute atomic E-state index is 12.7. The van der Waals surface area contributed by atoms with Gasteiger partial charge in [0.05, 0.1) is 19.0 Å². The van der Waals surface area contributed by atoms with Gasteiger partial charge in [0, 0.05) is 5.56 Å². The summed E-state index contributed by atoms with van der Waals surface area (Å²) in [7, 11) is 1.25. The number of aromatic nitrogens is 1. The first-order valence-corrected chi connectivity index (χ1v) is 3.60. The Hall–Kier alpha value is -1.65. The van der Waals surface area contributed by atoms with E-state index in [2.05, 4.69) is 15.0 Å². The molecule has 0 aliphatic heterocycles. The summed E-state index contributed by atoms with van der Waals surface area (Å²) in [6.07, 6.45) is 0.618. The Bertz CT molecular complexity index is 328. The average molecular weight is 184 g/mol. The summed E-state index contributed by atoms with van der Waals surface area (Å²) in [6, 6.07) is 1.47. The highest BCUT2D eigenvalue weighted by Gasteiger charge is 2.03. The van der Waals surface area contributed by atoms with Gasteiger partial charge in [0.2, 0.25) is 5.95 Å². The number of carbonyl (C=O) groups is 1. The number of amides is 1. The molecule has 5 heteroatoms. The molecule has 1 N–H and O–H groups in total. The van der Waals surface area contributed by atoms with E-state index in [9.17, 15) is 9.18 Å². The van der Waals surface area contributed by atoms with Gasteiger partial charge in [-0.3, -0.25) is 5.32 Å². The van der Waals surface area contributed by atoms with Crippen molar-refractivity contribution in [2.24, 2.45) is 0 Å². The van der Waals surface area contributed by atoms with Crippen LogP contribution in [0.5, 0.6) is 0 Å². The monoisotopic (exact) mass is 184 g/mol. The van der Waals surface area contributed by atoms with Crippen LogP contribution in [-0.4, -0.2) is 18.2 Å². The Kier molecular flexibility index (Phi) is 2.79. The van der Waals surface area contributed by atoms with Crippen LogP contribution < -0.4 is 5.32 Å². The molecule has 70 valence electrons. The van der Waals surface area contributed by atoms with Gasteiger partial charge < -0.3 is 4.74 Å². The number of halogens is 1. The molecule has 0 aliphatic rings. The molecule has 13 heavy (non-hydrogen) atoms. The van der Waals surface area contributed by atoms with Gasteiger partial charge >= 0.3 is 6.09 Å². The van der Waals surface area contributed by atoms with Gasteiger partial charge in [-0.25, -0.2) is 9.78 Å². The van der Waals surface area contributed by atoms with Gasteiger partial charge in [-0.1, -0.05) is 0 Å². The summed E-state index contributed by atoms with van der Waals surface area (Å²) >= 11 is 0. The summed E-state index contributed by atoms with van der Waals surface area (Å²) in [5.74, 6) is -0.546. The van der Waals surface area contributed by atoms with Crippen LogP contribution in [0.4, 0.5) is 14.9 Å². The Labute approximate surface area is 74.7 Å². The molecular formula is C8H9FN2O2. The third kappa shape index (κ3) is 2.40. The lowest BCUT2D eigenvalue weighted by Crippen LogP contribution is -2.11. The first-order valence-electron chi connectivity index (χ1n) is 3.60. The van der Waals surface area contributed by atoms with Crippen LogP contribution in [0.1, 0.15) is 5.56 Å². The Morgan fingerprint density at radius 3 is 2.92 bits per heavy atom. The number of nitrogens with one attached hydrogen (secondary N) is 1. The molecule has 0 unspecified atom stereocenters. The number of hydrogen-bond donors (Lipinski definition) is 1. The topological polar surface area (TPSA) is 51.2 Å². The molecule has 0 bridgehead atoms. The van der Waals surface area contributed by atoms with Crippen molar-refractivity contribution in [3.8, 4) is 0 Å². The Morgan fingerprint density at radius 2 is 2.38 bits per heavy atom. The minimum atomic E-state index is -0.604. The molecule has 1 amide bonds. The Morgan fingerprint density at radius 1 is 1.69 bits per heavy atom. The van der Waals surface area contributed by atoms with Crippen LogP contribution in [0, 0.1) is 12.9 Å². The Balaban J connectivity index is 2.79. The van der Waals surface area contributed by atoms with Gasteiger partial charge in [0.15, 0.2) is 0 Å². The van der Waals surface area contributed by atoms with Gasteiger partial charge in [-0.2, -0.15) is 4.39 Å². The normalized spacial score (nSPS) is 9.46. The van der Waals surface area contributed by atoms with E-state index >= 15 is 0 Å². The number of nitrogens with zero attached hydrogens (tertiary/aromatic N) is 1. The van der Waals surface area contributed by atoms with Crippen molar-refractivity contribution in [1.82, 2.24) is 4.98 Å². The van der Waals surface area contributed by atoms with Crippen molar-refractivity contribution in [3.05, 3.63) is 23.8 Å². The third-order valence-corrected chi connectivity index (χ3v) is 1.45. The van der Waals surface area contributed by atoms with Crippen LogP contribution >= 0.6 is 0 Å². The van der Waals surface area contributed by atoms with E-state index < -0.39 is 12.0 Å². The summed E-state index contributed by atoms with van der Waals surface area (Å²) < 4.78 is 17.0. The van der Waals surface area contributed by atoms with Crippen LogP contribution in [0.2, 0.25) is 0 Å². The highest BCUT2D eigenvalue weighted by molar-refractivity contribution is 5.84. The summed E-state index contributed by atoms with van der Waals surface area (Å²) in [4.78, 5) is 14.2. The van der Waals surface area contributed by atoms with Crippen molar-refractivity contribution < 1.29 is 13.9 Å². The molecule has 1 heterocycles. The van der Waals surface area contributed by atoms with Crippen molar-refractivity contribution in [3.63, 3.8) is 0 Å².